The Bertz CT molecular complexity index is 994. The molecule has 0 saturated heterocycles. The molecule has 0 radical (unpaired) electrons. The van der Waals surface area contributed by atoms with Crippen molar-refractivity contribution in [2.45, 2.75) is 39.3 Å². The van der Waals surface area contributed by atoms with Crippen molar-refractivity contribution in [1.82, 2.24) is 14.7 Å². The monoisotopic (exact) mass is 357 g/mol. The molecule has 1 aliphatic carbocycles. The third-order valence-corrected chi connectivity index (χ3v) is 5.98. The molecule has 0 spiro atoms. The summed E-state index contributed by atoms with van der Waals surface area (Å²) in [7, 11) is 0. The van der Waals surface area contributed by atoms with E-state index in [0.717, 1.165) is 35.4 Å². The lowest BCUT2D eigenvalue weighted by molar-refractivity contribution is 0.337. The van der Waals surface area contributed by atoms with Crippen LogP contribution in [0.2, 0.25) is 0 Å². The summed E-state index contributed by atoms with van der Waals surface area (Å²) >= 11 is 1.47. The van der Waals surface area contributed by atoms with Crippen molar-refractivity contribution in [3.05, 3.63) is 68.3 Å². The SMILES string of the molecule is Cc1csc2nc(CN[C@@H]3c4cccc(F)c4CC[C@H]3C)cc(=O)n12. The van der Waals surface area contributed by atoms with E-state index in [-0.39, 0.29) is 17.4 Å². The first-order chi connectivity index (χ1) is 12.0. The molecule has 0 unspecified atom stereocenters. The normalized spacial score (nSPS) is 20.0. The van der Waals surface area contributed by atoms with Gasteiger partial charge in [-0.3, -0.25) is 9.20 Å². The van der Waals surface area contributed by atoms with Gasteiger partial charge < -0.3 is 5.32 Å². The van der Waals surface area contributed by atoms with Crippen LogP contribution < -0.4 is 10.9 Å². The summed E-state index contributed by atoms with van der Waals surface area (Å²) in [6.45, 7) is 4.58. The van der Waals surface area contributed by atoms with E-state index in [0.29, 0.717) is 17.4 Å². The molecule has 4 nitrogen and oxygen atoms in total. The first-order valence-corrected chi connectivity index (χ1v) is 9.40. The van der Waals surface area contributed by atoms with Crippen LogP contribution in [0.3, 0.4) is 0 Å². The van der Waals surface area contributed by atoms with Crippen LogP contribution in [-0.2, 0) is 13.0 Å². The molecule has 0 saturated carbocycles. The molecule has 2 aromatic heterocycles. The topological polar surface area (TPSA) is 46.4 Å². The van der Waals surface area contributed by atoms with E-state index < -0.39 is 0 Å². The molecule has 6 heteroatoms. The minimum atomic E-state index is -0.122. The Hall–Kier alpha value is -2.05. The summed E-state index contributed by atoms with van der Waals surface area (Å²) in [6, 6.07) is 6.96. The number of nitrogens with one attached hydrogen (secondary N) is 1. The predicted molar refractivity (Wildman–Crippen MR) is 97.5 cm³/mol. The molecule has 1 N–H and O–H groups in total. The van der Waals surface area contributed by atoms with E-state index in [2.05, 4.69) is 17.2 Å². The highest BCUT2D eigenvalue weighted by Crippen LogP contribution is 2.35. The fraction of sp³-hybridized carbons (Fsp3) is 0.368. The molecule has 3 aromatic rings. The molecule has 25 heavy (non-hydrogen) atoms. The van der Waals surface area contributed by atoms with Crippen molar-refractivity contribution >= 4 is 16.3 Å². The van der Waals surface area contributed by atoms with Gasteiger partial charge in [0, 0.05) is 29.7 Å². The number of fused-ring (bicyclic) bond motifs is 2. The maximum atomic E-state index is 14.1. The molecule has 4 rings (SSSR count). The van der Waals surface area contributed by atoms with Crippen LogP contribution in [0.25, 0.3) is 4.96 Å². The van der Waals surface area contributed by atoms with Gasteiger partial charge in [-0.1, -0.05) is 19.1 Å². The minimum absolute atomic E-state index is 0.0521. The van der Waals surface area contributed by atoms with Crippen molar-refractivity contribution in [1.29, 1.82) is 0 Å². The van der Waals surface area contributed by atoms with E-state index in [1.165, 1.54) is 17.4 Å². The van der Waals surface area contributed by atoms with Gasteiger partial charge in [-0.15, -0.1) is 11.3 Å². The molecule has 0 aliphatic heterocycles. The number of aromatic nitrogens is 2. The van der Waals surface area contributed by atoms with E-state index in [4.69, 9.17) is 0 Å². The van der Waals surface area contributed by atoms with Crippen molar-refractivity contribution in [2.75, 3.05) is 0 Å². The average molecular weight is 357 g/mol. The molecule has 130 valence electrons. The maximum absolute atomic E-state index is 14.1. The third-order valence-electron chi connectivity index (χ3n) is 5.04. The van der Waals surface area contributed by atoms with Gasteiger partial charge in [-0.05, 0) is 42.9 Å². The highest BCUT2D eigenvalue weighted by atomic mass is 32.1. The second-order valence-corrected chi connectivity index (χ2v) is 7.60. The Morgan fingerprint density at radius 3 is 3.12 bits per heavy atom. The number of thiazole rings is 1. The lowest BCUT2D eigenvalue weighted by Gasteiger charge is -2.32. The summed E-state index contributed by atoms with van der Waals surface area (Å²) in [5.74, 6) is 0.283. The lowest BCUT2D eigenvalue weighted by Crippen LogP contribution is -2.32. The Kier molecular flexibility index (Phi) is 4.17. The number of hydrogen-bond acceptors (Lipinski definition) is 4. The van der Waals surface area contributed by atoms with Crippen LogP contribution >= 0.6 is 11.3 Å². The highest BCUT2D eigenvalue weighted by molar-refractivity contribution is 7.15. The van der Waals surface area contributed by atoms with Crippen LogP contribution in [0, 0.1) is 18.7 Å². The Morgan fingerprint density at radius 1 is 1.44 bits per heavy atom. The second kappa shape index (κ2) is 6.35. The van der Waals surface area contributed by atoms with Gasteiger partial charge in [-0.25, -0.2) is 9.37 Å². The molecule has 0 amide bonds. The molecule has 2 heterocycles. The zero-order chi connectivity index (χ0) is 17.6. The number of hydrogen-bond donors (Lipinski definition) is 1. The first-order valence-electron chi connectivity index (χ1n) is 8.52. The van der Waals surface area contributed by atoms with Crippen molar-refractivity contribution < 1.29 is 4.39 Å². The second-order valence-electron chi connectivity index (χ2n) is 6.76. The quantitative estimate of drug-likeness (QED) is 0.779. The van der Waals surface area contributed by atoms with Gasteiger partial charge in [0.05, 0.1) is 5.69 Å². The standard InChI is InChI=1S/C19H20FN3OS/c1-11-6-7-14-15(4-3-5-16(14)20)18(11)21-9-13-8-17(24)23-12(2)10-25-19(23)22-13/h3-5,8,10-11,18,21H,6-7,9H2,1-2H3/t11-,18+/m1/s1. The zero-order valence-electron chi connectivity index (χ0n) is 14.3. The first kappa shape index (κ1) is 16.4. The number of benzene rings is 1. The van der Waals surface area contributed by atoms with Crippen LogP contribution in [0.5, 0.6) is 0 Å². The zero-order valence-corrected chi connectivity index (χ0v) is 15.1. The summed E-state index contributed by atoms with van der Waals surface area (Å²) in [6.07, 6.45) is 1.73. The maximum Gasteiger partial charge on any atom is 0.259 e. The molecule has 2 atom stereocenters. The van der Waals surface area contributed by atoms with Crippen LogP contribution in [0.1, 0.15) is 41.9 Å². The highest BCUT2D eigenvalue weighted by Gasteiger charge is 2.27. The minimum Gasteiger partial charge on any atom is -0.304 e. The number of aryl methyl sites for hydroxylation is 1. The summed E-state index contributed by atoms with van der Waals surface area (Å²) < 4.78 is 15.7. The Balaban J connectivity index is 1.61. The predicted octanol–water partition coefficient (Wildman–Crippen LogP) is 3.62. The largest absolute Gasteiger partial charge is 0.304 e. The van der Waals surface area contributed by atoms with E-state index in [1.807, 2.05) is 18.4 Å². The molecule has 0 bridgehead atoms. The number of nitrogens with zero attached hydrogens (tertiary/aromatic N) is 2. The van der Waals surface area contributed by atoms with E-state index >= 15 is 0 Å². The van der Waals surface area contributed by atoms with Crippen LogP contribution in [0.4, 0.5) is 4.39 Å². The summed E-state index contributed by atoms with van der Waals surface area (Å²) in [5.41, 5.74) is 3.42. The van der Waals surface area contributed by atoms with Crippen LogP contribution in [-0.4, -0.2) is 9.38 Å². The Labute approximate surface area is 149 Å². The van der Waals surface area contributed by atoms with Gasteiger partial charge in [-0.2, -0.15) is 0 Å². The summed E-state index contributed by atoms with van der Waals surface area (Å²) in [4.78, 5) is 17.6. The third kappa shape index (κ3) is 2.89. The van der Waals surface area contributed by atoms with Gasteiger partial charge in [0.15, 0.2) is 4.96 Å². The fourth-order valence-corrected chi connectivity index (χ4v) is 4.58. The van der Waals surface area contributed by atoms with E-state index in [1.54, 1.807) is 16.5 Å². The van der Waals surface area contributed by atoms with Gasteiger partial charge >= 0.3 is 0 Å². The van der Waals surface area contributed by atoms with Crippen LogP contribution in [0.15, 0.2) is 34.4 Å². The van der Waals surface area contributed by atoms with Crippen molar-refractivity contribution in [2.24, 2.45) is 5.92 Å². The molecule has 1 aliphatic rings. The van der Waals surface area contributed by atoms with E-state index in [9.17, 15) is 9.18 Å². The molecular formula is C19H20FN3OS. The number of halogens is 1. The lowest BCUT2D eigenvalue weighted by atomic mass is 9.80. The van der Waals surface area contributed by atoms with Gasteiger partial charge in [0.25, 0.3) is 5.56 Å². The number of rotatable bonds is 3. The molecule has 0 fully saturated rings. The average Bonchev–Trinajstić information content (AvgIpc) is 2.96. The smallest absolute Gasteiger partial charge is 0.259 e. The molecular weight excluding hydrogens is 337 g/mol. The molecule has 1 aromatic carbocycles. The Morgan fingerprint density at radius 2 is 2.28 bits per heavy atom. The van der Waals surface area contributed by atoms with Crippen molar-refractivity contribution in [3.8, 4) is 0 Å². The fourth-order valence-electron chi connectivity index (χ4n) is 3.69. The summed E-state index contributed by atoms with van der Waals surface area (Å²) in [5, 5.41) is 5.43. The van der Waals surface area contributed by atoms with Crippen molar-refractivity contribution in [3.63, 3.8) is 0 Å². The van der Waals surface area contributed by atoms with Gasteiger partial charge in [0.2, 0.25) is 0 Å². The van der Waals surface area contributed by atoms with Gasteiger partial charge in [0.1, 0.15) is 5.82 Å².